The van der Waals surface area contributed by atoms with Crippen molar-refractivity contribution in [2.45, 2.75) is 0 Å². The summed E-state index contributed by atoms with van der Waals surface area (Å²) in [6.45, 7) is 0.192. The number of carbonyl (C=O) groups excluding carboxylic acids is 1. The zero-order chi connectivity index (χ0) is 17.9. The van der Waals surface area contributed by atoms with Gasteiger partial charge in [0, 0.05) is 29.2 Å². The highest BCUT2D eigenvalue weighted by Gasteiger charge is 2.20. The molecule has 4 rings (SSSR count). The molecular formula is C20H17N3O3. The van der Waals surface area contributed by atoms with Crippen LogP contribution in [0.4, 0.5) is 5.69 Å². The van der Waals surface area contributed by atoms with Crippen molar-refractivity contribution in [2.24, 2.45) is 0 Å². The Hall–Kier alpha value is -3.54. The summed E-state index contributed by atoms with van der Waals surface area (Å²) < 4.78 is 11.0. The monoisotopic (exact) mass is 347 g/mol. The standard InChI is InChI=1S/C20H17N3O3/c1-25-17-7-3-4-13-10-15(12-26-18(13)17)20(24)23-16-6-2-5-14(11-16)19-21-8-9-22-19/h2-11H,12H2,1H3,(H,21,22)(H,23,24). The van der Waals surface area contributed by atoms with Crippen molar-refractivity contribution in [1.82, 2.24) is 9.97 Å². The Balaban J connectivity index is 1.56. The maximum absolute atomic E-state index is 12.6. The first-order chi connectivity index (χ1) is 12.7. The maximum Gasteiger partial charge on any atom is 0.255 e. The van der Waals surface area contributed by atoms with Crippen LogP contribution < -0.4 is 14.8 Å². The van der Waals surface area contributed by atoms with E-state index in [0.717, 1.165) is 17.0 Å². The molecule has 26 heavy (non-hydrogen) atoms. The normalized spacial score (nSPS) is 12.6. The van der Waals surface area contributed by atoms with Gasteiger partial charge in [0.1, 0.15) is 12.4 Å². The molecule has 1 amide bonds. The molecule has 130 valence electrons. The molecule has 1 aliphatic rings. The minimum atomic E-state index is -0.199. The van der Waals surface area contributed by atoms with Crippen molar-refractivity contribution < 1.29 is 14.3 Å². The van der Waals surface area contributed by atoms with E-state index < -0.39 is 0 Å². The minimum absolute atomic E-state index is 0.192. The largest absolute Gasteiger partial charge is 0.493 e. The van der Waals surface area contributed by atoms with E-state index in [2.05, 4.69) is 15.3 Å². The highest BCUT2D eigenvalue weighted by Crippen LogP contribution is 2.35. The first-order valence-electron chi connectivity index (χ1n) is 8.16. The predicted octanol–water partition coefficient (Wildman–Crippen LogP) is 3.50. The van der Waals surface area contributed by atoms with E-state index in [1.54, 1.807) is 19.5 Å². The molecule has 0 spiro atoms. The molecule has 0 radical (unpaired) electrons. The number of benzene rings is 2. The van der Waals surface area contributed by atoms with Gasteiger partial charge in [-0.15, -0.1) is 0 Å². The number of para-hydroxylation sites is 1. The van der Waals surface area contributed by atoms with Crippen LogP contribution in [0.25, 0.3) is 17.5 Å². The van der Waals surface area contributed by atoms with E-state index in [-0.39, 0.29) is 12.5 Å². The summed E-state index contributed by atoms with van der Waals surface area (Å²) in [5, 5.41) is 2.91. The Kier molecular flexibility index (Phi) is 4.15. The molecule has 0 atom stereocenters. The Morgan fingerprint density at radius 2 is 2.15 bits per heavy atom. The fourth-order valence-corrected chi connectivity index (χ4v) is 2.85. The summed E-state index contributed by atoms with van der Waals surface area (Å²) >= 11 is 0. The van der Waals surface area contributed by atoms with Gasteiger partial charge in [-0.2, -0.15) is 0 Å². The molecule has 2 N–H and O–H groups in total. The van der Waals surface area contributed by atoms with Gasteiger partial charge >= 0.3 is 0 Å². The van der Waals surface area contributed by atoms with E-state index >= 15 is 0 Å². The number of ether oxygens (including phenoxy) is 2. The second-order valence-electron chi connectivity index (χ2n) is 5.81. The molecule has 3 aromatic rings. The number of amides is 1. The van der Waals surface area contributed by atoms with E-state index in [4.69, 9.17) is 9.47 Å². The second kappa shape index (κ2) is 6.76. The lowest BCUT2D eigenvalue weighted by Gasteiger charge is -2.19. The van der Waals surface area contributed by atoms with Gasteiger partial charge in [-0.05, 0) is 24.3 Å². The first-order valence-corrected chi connectivity index (χ1v) is 8.16. The maximum atomic E-state index is 12.6. The smallest absolute Gasteiger partial charge is 0.255 e. The molecule has 1 aliphatic heterocycles. The molecule has 2 aromatic carbocycles. The molecule has 1 aromatic heterocycles. The van der Waals surface area contributed by atoms with Crippen molar-refractivity contribution in [3.05, 3.63) is 66.0 Å². The summed E-state index contributed by atoms with van der Waals surface area (Å²) in [6, 6.07) is 13.1. The van der Waals surface area contributed by atoms with E-state index in [1.165, 1.54) is 0 Å². The number of fused-ring (bicyclic) bond motifs is 1. The number of carbonyl (C=O) groups is 1. The van der Waals surface area contributed by atoms with Gasteiger partial charge in [-0.1, -0.05) is 24.3 Å². The van der Waals surface area contributed by atoms with Gasteiger partial charge in [-0.3, -0.25) is 4.79 Å². The quantitative estimate of drug-likeness (QED) is 0.757. The average Bonchev–Trinajstić information content (AvgIpc) is 3.22. The lowest BCUT2D eigenvalue weighted by atomic mass is 10.1. The molecule has 2 heterocycles. The highest BCUT2D eigenvalue weighted by molar-refractivity contribution is 6.07. The number of hydrogen-bond donors (Lipinski definition) is 2. The number of nitrogens with zero attached hydrogens (tertiary/aromatic N) is 1. The van der Waals surface area contributed by atoms with Crippen LogP contribution in [0.1, 0.15) is 5.56 Å². The SMILES string of the molecule is COc1cccc2c1OCC(C(=O)Nc1cccc(-c3ncc[nH]3)c1)=C2. The van der Waals surface area contributed by atoms with Crippen LogP contribution in [-0.4, -0.2) is 29.6 Å². The number of aromatic amines is 1. The molecule has 6 nitrogen and oxygen atoms in total. The van der Waals surface area contributed by atoms with Gasteiger partial charge in [0.05, 0.1) is 12.7 Å². The molecule has 0 fully saturated rings. The summed E-state index contributed by atoms with van der Waals surface area (Å²) in [6.07, 6.45) is 5.28. The number of nitrogens with one attached hydrogen (secondary N) is 2. The molecule has 0 aliphatic carbocycles. The van der Waals surface area contributed by atoms with Crippen LogP contribution in [0.5, 0.6) is 11.5 Å². The van der Waals surface area contributed by atoms with Crippen molar-refractivity contribution in [3.63, 3.8) is 0 Å². The first kappa shape index (κ1) is 16.0. The zero-order valence-electron chi connectivity index (χ0n) is 14.2. The van der Waals surface area contributed by atoms with E-state index in [1.807, 2.05) is 48.5 Å². The number of imidazole rings is 1. The van der Waals surface area contributed by atoms with E-state index in [9.17, 15) is 4.79 Å². The number of H-pyrrole nitrogens is 1. The second-order valence-corrected chi connectivity index (χ2v) is 5.81. The molecule has 0 saturated heterocycles. The van der Waals surface area contributed by atoms with Gasteiger partial charge < -0.3 is 19.8 Å². The lowest BCUT2D eigenvalue weighted by molar-refractivity contribution is -0.113. The topological polar surface area (TPSA) is 76.2 Å². The lowest BCUT2D eigenvalue weighted by Crippen LogP contribution is -2.21. The fraction of sp³-hybridized carbons (Fsp3) is 0.100. The summed E-state index contributed by atoms with van der Waals surface area (Å²) in [5.74, 6) is 1.87. The Morgan fingerprint density at radius 1 is 1.27 bits per heavy atom. The van der Waals surface area contributed by atoms with Crippen LogP contribution >= 0.6 is 0 Å². The Labute approximate surface area is 150 Å². The van der Waals surface area contributed by atoms with Crippen LogP contribution in [0.15, 0.2) is 60.4 Å². The third kappa shape index (κ3) is 3.04. The summed E-state index contributed by atoms with van der Waals surface area (Å²) in [4.78, 5) is 19.9. The Morgan fingerprint density at radius 3 is 2.96 bits per heavy atom. The van der Waals surface area contributed by atoms with E-state index in [0.29, 0.717) is 22.8 Å². The van der Waals surface area contributed by atoms with Gasteiger partial charge in [-0.25, -0.2) is 4.98 Å². The van der Waals surface area contributed by atoms with Crippen LogP contribution in [0, 0.1) is 0 Å². The van der Waals surface area contributed by atoms with Crippen molar-refractivity contribution in [3.8, 4) is 22.9 Å². The highest BCUT2D eigenvalue weighted by atomic mass is 16.5. The molecule has 6 heteroatoms. The van der Waals surface area contributed by atoms with Gasteiger partial charge in [0.2, 0.25) is 0 Å². The number of methoxy groups -OCH3 is 1. The zero-order valence-corrected chi connectivity index (χ0v) is 14.2. The fourth-order valence-electron chi connectivity index (χ4n) is 2.85. The number of anilines is 1. The van der Waals surface area contributed by atoms with Crippen LogP contribution in [0.2, 0.25) is 0 Å². The molecular weight excluding hydrogens is 330 g/mol. The van der Waals surface area contributed by atoms with Crippen molar-refractivity contribution in [2.75, 3.05) is 19.0 Å². The average molecular weight is 347 g/mol. The molecule has 0 bridgehead atoms. The third-order valence-electron chi connectivity index (χ3n) is 4.11. The summed E-state index contributed by atoms with van der Waals surface area (Å²) in [5.41, 5.74) is 2.97. The predicted molar refractivity (Wildman–Crippen MR) is 99.1 cm³/mol. The van der Waals surface area contributed by atoms with Crippen molar-refractivity contribution in [1.29, 1.82) is 0 Å². The number of hydrogen-bond acceptors (Lipinski definition) is 4. The number of aromatic nitrogens is 2. The number of rotatable bonds is 4. The van der Waals surface area contributed by atoms with Crippen molar-refractivity contribution >= 4 is 17.7 Å². The van der Waals surface area contributed by atoms with Gasteiger partial charge in [0.25, 0.3) is 5.91 Å². The van der Waals surface area contributed by atoms with Crippen LogP contribution in [0.3, 0.4) is 0 Å². The third-order valence-corrected chi connectivity index (χ3v) is 4.11. The Bertz CT molecular complexity index is 978. The van der Waals surface area contributed by atoms with Crippen LogP contribution in [-0.2, 0) is 4.79 Å². The minimum Gasteiger partial charge on any atom is -0.493 e. The summed E-state index contributed by atoms with van der Waals surface area (Å²) in [7, 11) is 1.59. The van der Waals surface area contributed by atoms with Gasteiger partial charge in [0.15, 0.2) is 11.5 Å². The molecule has 0 unspecified atom stereocenters. The molecule has 0 saturated carbocycles.